The molecule has 0 saturated carbocycles. The van der Waals surface area contributed by atoms with Crippen LogP contribution in [0.25, 0.3) is 17.1 Å². The fourth-order valence-electron chi connectivity index (χ4n) is 5.37. The number of para-hydroxylation sites is 1. The molecule has 35 heavy (non-hydrogen) atoms. The second-order valence-electron chi connectivity index (χ2n) is 9.67. The Hall–Kier alpha value is -3.51. The third kappa shape index (κ3) is 4.46. The molecule has 0 spiro atoms. The minimum absolute atomic E-state index is 0.824. The van der Waals surface area contributed by atoms with E-state index >= 15 is 0 Å². The van der Waals surface area contributed by atoms with Crippen LogP contribution in [0.5, 0.6) is 0 Å². The van der Waals surface area contributed by atoms with Gasteiger partial charge in [0.15, 0.2) is 5.82 Å². The number of nitrogens with zero attached hydrogens (tertiary/aromatic N) is 6. The maximum Gasteiger partial charge on any atom is 0.159 e. The molecular formula is C29H32N6. The van der Waals surface area contributed by atoms with E-state index in [4.69, 9.17) is 15.1 Å². The lowest BCUT2D eigenvalue weighted by Crippen LogP contribution is -2.34. The van der Waals surface area contributed by atoms with Gasteiger partial charge in [-0.2, -0.15) is 5.10 Å². The van der Waals surface area contributed by atoms with Crippen molar-refractivity contribution < 1.29 is 0 Å². The lowest BCUT2D eigenvalue weighted by molar-refractivity contribution is 0.242. The van der Waals surface area contributed by atoms with Gasteiger partial charge in [0.2, 0.25) is 0 Å². The number of aryl methyl sites for hydroxylation is 1. The van der Waals surface area contributed by atoms with Crippen LogP contribution in [0.1, 0.15) is 41.8 Å². The molecule has 6 heteroatoms. The Morgan fingerprint density at radius 3 is 2.37 bits per heavy atom. The molecule has 1 fully saturated rings. The fourth-order valence-corrected chi connectivity index (χ4v) is 5.37. The van der Waals surface area contributed by atoms with Crippen LogP contribution in [0.4, 0.5) is 5.82 Å². The summed E-state index contributed by atoms with van der Waals surface area (Å²) < 4.78 is 2.17. The molecule has 0 N–H and O–H groups in total. The summed E-state index contributed by atoms with van der Waals surface area (Å²) in [6, 6.07) is 20.8. The first-order valence-electron chi connectivity index (χ1n) is 12.8. The molecule has 6 rings (SSSR count). The Morgan fingerprint density at radius 2 is 1.60 bits per heavy atom. The van der Waals surface area contributed by atoms with Crippen molar-refractivity contribution in [1.82, 2.24) is 24.6 Å². The Kier molecular flexibility index (Phi) is 6.05. The van der Waals surface area contributed by atoms with Crippen molar-refractivity contribution >= 4 is 5.82 Å². The van der Waals surface area contributed by atoms with E-state index in [0.717, 1.165) is 61.9 Å². The first kappa shape index (κ1) is 22.0. The van der Waals surface area contributed by atoms with Crippen molar-refractivity contribution in [1.29, 1.82) is 0 Å². The number of fused-ring (bicyclic) bond motifs is 1. The van der Waals surface area contributed by atoms with E-state index in [1.54, 1.807) is 0 Å². The van der Waals surface area contributed by atoms with Gasteiger partial charge in [0.05, 0.1) is 17.1 Å². The summed E-state index contributed by atoms with van der Waals surface area (Å²) in [6.07, 6.45) is 6.79. The van der Waals surface area contributed by atoms with Crippen LogP contribution in [0.3, 0.4) is 0 Å². The highest BCUT2D eigenvalue weighted by Gasteiger charge is 2.26. The predicted octanol–water partition coefficient (Wildman–Crippen LogP) is 5.19. The lowest BCUT2D eigenvalue weighted by atomic mass is 10.0. The molecule has 1 saturated heterocycles. The van der Waals surface area contributed by atoms with Gasteiger partial charge in [0.1, 0.15) is 5.82 Å². The Morgan fingerprint density at radius 1 is 0.857 bits per heavy atom. The van der Waals surface area contributed by atoms with Crippen LogP contribution in [0, 0.1) is 6.92 Å². The SMILES string of the molecule is Cc1nn(-c2ccccc2)c(N2CCCCC2)c1CN1CCc2nc(-c3ccccc3)ncc2C1. The Bertz CT molecular complexity index is 1290. The summed E-state index contributed by atoms with van der Waals surface area (Å²) in [6.45, 7) is 7.13. The zero-order valence-electron chi connectivity index (χ0n) is 20.4. The molecule has 0 amide bonds. The molecule has 0 radical (unpaired) electrons. The standard InChI is InChI=1S/C29H32N6/c1-22-26(29(34-16-9-4-10-17-34)35(32-22)25-13-7-3-8-14-25)21-33-18-15-27-24(20-33)19-30-28(31-27)23-11-5-2-6-12-23/h2-3,5-8,11-14,19H,4,9-10,15-18,20-21H2,1H3. The van der Waals surface area contributed by atoms with Gasteiger partial charge >= 0.3 is 0 Å². The summed E-state index contributed by atoms with van der Waals surface area (Å²) >= 11 is 0. The van der Waals surface area contributed by atoms with E-state index in [0.29, 0.717) is 0 Å². The van der Waals surface area contributed by atoms with E-state index in [1.807, 2.05) is 24.4 Å². The summed E-state index contributed by atoms with van der Waals surface area (Å²) in [4.78, 5) is 14.7. The molecule has 2 aliphatic heterocycles. The maximum absolute atomic E-state index is 5.03. The van der Waals surface area contributed by atoms with E-state index < -0.39 is 0 Å². The lowest BCUT2D eigenvalue weighted by Gasteiger charge is -2.32. The zero-order chi connectivity index (χ0) is 23.6. The van der Waals surface area contributed by atoms with E-state index in [1.165, 1.54) is 41.9 Å². The number of piperidine rings is 1. The Labute approximate surface area is 207 Å². The van der Waals surface area contributed by atoms with Crippen LogP contribution in [-0.2, 0) is 19.5 Å². The monoisotopic (exact) mass is 464 g/mol. The second kappa shape index (κ2) is 9.62. The largest absolute Gasteiger partial charge is 0.356 e. The highest BCUT2D eigenvalue weighted by Crippen LogP contribution is 2.32. The van der Waals surface area contributed by atoms with Crippen LogP contribution in [0.15, 0.2) is 66.9 Å². The molecule has 2 aliphatic rings. The average Bonchev–Trinajstić information content (AvgIpc) is 3.25. The number of aromatic nitrogens is 4. The fraction of sp³-hybridized carbons (Fsp3) is 0.345. The van der Waals surface area contributed by atoms with Gasteiger partial charge in [-0.3, -0.25) is 4.90 Å². The smallest absolute Gasteiger partial charge is 0.159 e. The first-order valence-corrected chi connectivity index (χ1v) is 12.8. The van der Waals surface area contributed by atoms with Crippen molar-refractivity contribution in [2.75, 3.05) is 24.5 Å². The highest BCUT2D eigenvalue weighted by molar-refractivity contribution is 5.56. The quantitative estimate of drug-likeness (QED) is 0.407. The van der Waals surface area contributed by atoms with E-state index in [-0.39, 0.29) is 0 Å². The summed E-state index contributed by atoms with van der Waals surface area (Å²) in [5.41, 5.74) is 7.10. The first-order chi connectivity index (χ1) is 17.3. The van der Waals surface area contributed by atoms with Gasteiger partial charge in [-0.25, -0.2) is 14.6 Å². The number of hydrogen-bond acceptors (Lipinski definition) is 5. The van der Waals surface area contributed by atoms with Gasteiger partial charge in [0, 0.05) is 62.0 Å². The molecule has 2 aromatic carbocycles. The third-order valence-electron chi connectivity index (χ3n) is 7.24. The molecular weight excluding hydrogens is 432 g/mol. The topological polar surface area (TPSA) is 50.1 Å². The number of benzene rings is 2. The summed E-state index contributed by atoms with van der Waals surface area (Å²) in [5.74, 6) is 2.10. The third-order valence-corrected chi connectivity index (χ3v) is 7.24. The van der Waals surface area contributed by atoms with Crippen molar-refractivity contribution in [3.05, 3.63) is 89.4 Å². The normalized spacial score (nSPS) is 16.3. The minimum Gasteiger partial charge on any atom is -0.356 e. The van der Waals surface area contributed by atoms with E-state index in [9.17, 15) is 0 Å². The molecule has 6 nitrogen and oxygen atoms in total. The van der Waals surface area contributed by atoms with Crippen LogP contribution >= 0.6 is 0 Å². The molecule has 0 bridgehead atoms. The molecule has 4 heterocycles. The molecule has 0 atom stereocenters. The summed E-state index contributed by atoms with van der Waals surface area (Å²) in [5, 5.41) is 5.03. The molecule has 0 aliphatic carbocycles. The second-order valence-corrected chi connectivity index (χ2v) is 9.67. The molecule has 4 aromatic rings. The van der Waals surface area contributed by atoms with Crippen LogP contribution in [-0.4, -0.2) is 44.3 Å². The van der Waals surface area contributed by atoms with Gasteiger partial charge < -0.3 is 4.90 Å². The molecule has 0 unspecified atom stereocenters. The maximum atomic E-state index is 5.03. The number of rotatable bonds is 5. The van der Waals surface area contributed by atoms with Crippen molar-refractivity contribution in [2.24, 2.45) is 0 Å². The van der Waals surface area contributed by atoms with Gasteiger partial charge in [0.25, 0.3) is 0 Å². The van der Waals surface area contributed by atoms with Gasteiger partial charge in [-0.15, -0.1) is 0 Å². The molecule has 2 aromatic heterocycles. The minimum atomic E-state index is 0.824. The average molecular weight is 465 g/mol. The van der Waals surface area contributed by atoms with Gasteiger partial charge in [-0.1, -0.05) is 48.5 Å². The van der Waals surface area contributed by atoms with Crippen molar-refractivity contribution in [2.45, 2.75) is 45.7 Å². The van der Waals surface area contributed by atoms with Crippen LogP contribution in [0.2, 0.25) is 0 Å². The van der Waals surface area contributed by atoms with Crippen LogP contribution < -0.4 is 4.90 Å². The van der Waals surface area contributed by atoms with Crippen molar-refractivity contribution in [3.63, 3.8) is 0 Å². The molecule has 178 valence electrons. The number of anilines is 1. The van der Waals surface area contributed by atoms with Crippen molar-refractivity contribution in [3.8, 4) is 17.1 Å². The predicted molar refractivity (Wildman–Crippen MR) is 140 cm³/mol. The zero-order valence-corrected chi connectivity index (χ0v) is 20.4. The summed E-state index contributed by atoms with van der Waals surface area (Å²) in [7, 11) is 0. The van der Waals surface area contributed by atoms with Gasteiger partial charge in [-0.05, 0) is 38.3 Å². The Balaban J connectivity index is 1.28. The van der Waals surface area contributed by atoms with E-state index in [2.05, 4.69) is 63.9 Å². The number of hydrogen-bond donors (Lipinski definition) is 0. The highest BCUT2D eigenvalue weighted by atomic mass is 15.4.